The second kappa shape index (κ2) is 9.74. The smallest absolute Gasteiger partial charge is 0.230 e. The molecule has 0 aliphatic heterocycles. The van der Waals surface area contributed by atoms with Crippen LogP contribution in [0.15, 0.2) is 85.5 Å². The summed E-state index contributed by atoms with van der Waals surface area (Å²) >= 11 is 0. The van der Waals surface area contributed by atoms with Crippen LogP contribution in [0.5, 0.6) is 5.88 Å². The molecule has 1 N–H and O–H groups in total. The van der Waals surface area contributed by atoms with Gasteiger partial charge in [-0.2, -0.15) is 0 Å². The molecule has 8 nitrogen and oxygen atoms in total. The highest BCUT2D eigenvalue weighted by Crippen LogP contribution is 2.41. The summed E-state index contributed by atoms with van der Waals surface area (Å²) in [6, 6.07) is 18.6. The van der Waals surface area contributed by atoms with Gasteiger partial charge < -0.3 is 4.74 Å². The number of methoxy groups -OCH3 is 1. The molecule has 0 amide bonds. The van der Waals surface area contributed by atoms with Crippen molar-refractivity contribution < 1.29 is 13.2 Å². The zero-order valence-corrected chi connectivity index (χ0v) is 19.0. The van der Waals surface area contributed by atoms with Gasteiger partial charge in [0.2, 0.25) is 15.9 Å². The number of aromatic nitrogens is 4. The van der Waals surface area contributed by atoms with Crippen molar-refractivity contribution in [2.24, 2.45) is 0 Å². The van der Waals surface area contributed by atoms with Crippen LogP contribution in [0.4, 0.5) is 5.82 Å². The molecule has 1 atom stereocenters. The van der Waals surface area contributed by atoms with Gasteiger partial charge in [0.15, 0.2) is 0 Å². The van der Waals surface area contributed by atoms with Crippen molar-refractivity contribution in [3.05, 3.63) is 108 Å². The maximum absolute atomic E-state index is 11.8. The van der Waals surface area contributed by atoms with E-state index in [-0.39, 0.29) is 17.7 Å². The summed E-state index contributed by atoms with van der Waals surface area (Å²) in [7, 11) is -1.92. The van der Waals surface area contributed by atoms with Crippen molar-refractivity contribution in [2.45, 2.75) is 11.8 Å². The van der Waals surface area contributed by atoms with E-state index in [0.29, 0.717) is 11.6 Å². The van der Waals surface area contributed by atoms with Gasteiger partial charge in [0.1, 0.15) is 5.82 Å². The first-order chi connectivity index (χ1) is 15.9. The summed E-state index contributed by atoms with van der Waals surface area (Å²) in [6.07, 6.45) is 8.15. The van der Waals surface area contributed by atoms with Gasteiger partial charge >= 0.3 is 0 Å². The van der Waals surface area contributed by atoms with Gasteiger partial charge in [-0.1, -0.05) is 24.3 Å². The number of sulfonamides is 1. The standard InChI is InChI=1S/C24H23N5O3S/c1-32-22-12-4-10-20(28-22)24(19-9-3-11-21(27-19)29-33(2,30)31)23(17-7-5-13-25-15-17)18-8-6-14-26-16-18/h3-16,23-24H,1-2H3,(H,27,29). The van der Waals surface area contributed by atoms with E-state index in [9.17, 15) is 8.42 Å². The molecular formula is C24H23N5O3S. The number of pyridine rings is 4. The fourth-order valence-electron chi connectivity index (χ4n) is 3.78. The molecule has 4 aromatic rings. The Morgan fingerprint density at radius 1 is 0.788 bits per heavy atom. The third kappa shape index (κ3) is 5.50. The lowest BCUT2D eigenvalue weighted by Crippen LogP contribution is -2.19. The summed E-state index contributed by atoms with van der Waals surface area (Å²) in [5, 5.41) is 0. The fraction of sp³-hybridized carbons (Fsp3) is 0.167. The molecule has 1 unspecified atom stereocenters. The van der Waals surface area contributed by atoms with Crippen LogP contribution in [0.1, 0.15) is 34.4 Å². The van der Waals surface area contributed by atoms with E-state index in [1.165, 1.54) is 0 Å². The first-order valence-electron chi connectivity index (χ1n) is 10.2. The van der Waals surface area contributed by atoms with E-state index >= 15 is 0 Å². The van der Waals surface area contributed by atoms with Crippen molar-refractivity contribution in [3.8, 4) is 5.88 Å². The maximum atomic E-state index is 11.8. The Kier molecular flexibility index (Phi) is 6.60. The Morgan fingerprint density at radius 3 is 1.94 bits per heavy atom. The van der Waals surface area contributed by atoms with Gasteiger partial charge in [0.25, 0.3) is 0 Å². The first-order valence-corrected chi connectivity index (χ1v) is 12.1. The topological polar surface area (TPSA) is 107 Å². The molecule has 4 heterocycles. The van der Waals surface area contributed by atoms with Crippen LogP contribution >= 0.6 is 0 Å². The predicted octanol–water partition coefficient (Wildman–Crippen LogP) is 3.61. The van der Waals surface area contributed by atoms with E-state index in [1.807, 2.05) is 54.9 Å². The minimum atomic E-state index is -3.49. The lowest BCUT2D eigenvalue weighted by molar-refractivity contribution is 0.395. The predicted molar refractivity (Wildman–Crippen MR) is 126 cm³/mol. The Hall–Kier alpha value is -3.85. The number of rotatable bonds is 8. The molecule has 0 aromatic carbocycles. The molecule has 0 saturated heterocycles. The lowest BCUT2D eigenvalue weighted by atomic mass is 9.78. The minimum absolute atomic E-state index is 0.235. The molecule has 0 bridgehead atoms. The second-order valence-corrected chi connectivity index (χ2v) is 9.20. The zero-order valence-electron chi connectivity index (χ0n) is 18.2. The van der Waals surface area contributed by atoms with Gasteiger partial charge in [-0.15, -0.1) is 0 Å². The van der Waals surface area contributed by atoms with Crippen LogP contribution in [0.3, 0.4) is 0 Å². The number of ether oxygens (including phenoxy) is 1. The summed E-state index contributed by atoms with van der Waals surface area (Å²) in [4.78, 5) is 18.0. The maximum Gasteiger partial charge on any atom is 0.230 e. The highest BCUT2D eigenvalue weighted by atomic mass is 32.2. The van der Waals surface area contributed by atoms with Gasteiger partial charge in [0, 0.05) is 36.8 Å². The van der Waals surface area contributed by atoms with Crippen LogP contribution in [-0.2, 0) is 10.0 Å². The molecule has 9 heteroatoms. The average Bonchev–Trinajstić information content (AvgIpc) is 2.82. The Bertz CT molecular complexity index is 1280. The molecule has 33 heavy (non-hydrogen) atoms. The monoisotopic (exact) mass is 461 g/mol. The molecule has 0 radical (unpaired) electrons. The molecule has 4 rings (SSSR count). The molecule has 4 aromatic heterocycles. The first kappa shape index (κ1) is 22.3. The van der Waals surface area contributed by atoms with E-state index in [4.69, 9.17) is 9.72 Å². The normalized spacial score (nSPS) is 12.3. The summed E-state index contributed by atoms with van der Waals surface area (Å²) < 4.78 is 31.5. The largest absolute Gasteiger partial charge is 0.481 e. The molecule has 0 fully saturated rings. The van der Waals surface area contributed by atoms with Crippen LogP contribution in [-0.4, -0.2) is 41.7 Å². The molecule has 0 spiro atoms. The molecule has 0 aliphatic rings. The van der Waals surface area contributed by atoms with Crippen molar-refractivity contribution in [1.29, 1.82) is 0 Å². The summed E-state index contributed by atoms with van der Waals surface area (Å²) in [5.41, 5.74) is 3.25. The molecular weight excluding hydrogens is 438 g/mol. The van der Waals surface area contributed by atoms with E-state index in [1.54, 1.807) is 37.7 Å². The molecule has 0 aliphatic carbocycles. The van der Waals surface area contributed by atoms with E-state index < -0.39 is 10.0 Å². The van der Waals surface area contributed by atoms with E-state index in [2.05, 4.69) is 19.7 Å². The van der Waals surface area contributed by atoms with Crippen molar-refractivity contribution in [1.82, 2.24) is 19.9 Å². The van der Waals surface area contributed by atoms with Gasteiger partial charge in [-0.25, -0.2) is 18.4 Å². The zero-order chi connectivity index (χ0) is 23.3. The van der Waals surface area contributed by atoms with Gasteiger partial charge in [-0.05, 0) is 41.5 Å². The lowest BCUT2D eigenvalue weighted by Gasteiger charge is -2.27. The highest BCUT2D eigenvalue weighted by Gasteiger charge is 2.31. The summed E-state index contributed by atoms with van der Waals surface area (Å²) in [5.74, 6) is 0.0841. The molecule has 0 saturated carbocycles. The van der Waals surface area contributed by atoms with Crippen LogP contribution in [0.2, 0.25) is 0 Å². The second-order valence-electron chi connectivity index (χ2n) is 7.45. The average molecular weight is 462 g/mol. The Morgan fingerprint density at radius 2 is 1.39 bits per heavy atom. The van der Waals surface area contributed by atoms with Crippen molar-refractivity contribution >= 4 is 15.8 Å². The summed E-state index contributed by atoms with van der Waals surface area (Å²) in [6.45, 7) is 0. The van der Waals surface area contributed by atoms with Crippen LogP contribution < -0.4 is 9.46 Å². The Balaban J connectivity index is 1.94. The van der Waals surface area contributed by atoms with Crippen molar-refractivity contribution in [2.75, 3.05) is 18.1 Å². The fourth-order valence-corrected chi connectivity index (χ4v) is 4.27. The van der Waals surface area contributed by atoms with Crippen LogP contribution in [0.25, 0.3) is 0 Å². The SMILES string of the molecule is COc1cccc(C(c2cccc(NS(C)(=O)=O)n2)C(c2cccnc2)c2cccnc2)n1. The minimum Gasteiger partial charge on any atom is -0.481 e. The number of hydrogen-bond donors (Lipinski definition) is 1. The number of nitrogens with one attached hydrogen (secondary N) is 1. The quantitative estimate of drug-likeness (QED) is 0.427. The van der Waals surface area contributed by atoms with Gasteiger partial charge in [-0.3, -0.25) is 14.7 Å². The highest BCUT2D eigenvalue weighted by molar-refractivity contribution is 7.92. The molecule has 168 valence electrons. The third-order valence-corrected chi connectivity index (χ3v) is 5.65. The number of anilines is 1. The number of hydrogen-bond acceptors (Lipinski definition) is 7. The van der Waals surface area contributed by atoms with Gasteiger partial charge in [0.05, 0.1) is 30.7 Å². The van der Waals surface area contributed by atoms with Crippen molar-refractivity contribution in [3.63, 3.8) is 0 Å². The van der Waals surface area contributed by atoms with Crippen LogP contribution in [0, 0.1) is 0 Å². The Labute approximate surface area is 192 Å². The van der Waals surface area contributed by atoms with E-state index in [0.717, 1.165) is 23.1 Å². The number of nitrogens with zero attached hydrogens (tertiary/aromatic N) is 4. The third-order valence-electron chi connectivity index (χ3n) is 5.07.